The van der Waals surface area contributed by atoms with E-state index in [1.54, 1.807) is 0 Å². The van der Waals surface area contributed by atoms with Gasteiger partial charge in [0.25, 0.3) is 0 Å². The van der Waals surface area contributed by atoms with Gasteiger partial charge in [-0.2, -0.15) is 0 Å². The Kier molecular flexibility index (Phi) is 2.18. The summed E-state index contributed by atoms with van der Waals surface area (Å²) in [5, 5.41) is 8.86. The van der Waals surface area contributed by atoms with Crippen LogP contribution in [0.25, 0.3) is 0 Å². The zero-order valence-electron chi connectivity index (χ0n) is 6.96. The maximum absolute atomic E-state index is 11.2. The van der Waals surface area contributed by atoms with Crippen molar-refractivity contribution in [2.75, 3.05) is 13.7 Å². The average molecular weight is 158 g/mol. The fourth-order valence-corrected chi connectivity index (χ4v) is 1.58. The van der Waals surface area contributed by atoms with Crippen LogP contribution in [0, 0.1) is 11.3 Å². The van der Waals surface area contributed by atoms with E-state index in [-0.39, 0.29) is 18.5 Å². The largest absolute Gasteiger partial charge is 0.469 e. The quantitative estimate of drug-likeness (QED) is 0.597. The molecule has 3 heteroatoms. The Morgan fingerprint density at radius 2 is 2.45 bits per heavy atom. The van der Waals surface area contributed by atoms with Gasteiger partial charge in [-0.3, -0.25) is 4.79 Å². The molecule has 0 radical (unpaired) electrons. The number of methoxy groups -OCH3 is 1. The minimum Gasteiger partial charge on any atom is -0.469 e. The van der Waals surface area contributed by atoms with E-state index >= 15 is 0 Å². The monoisotopic (exact) mass is 158 g/mol. The first kappa shape index (κ1) is 8.53. The highest BCUT2D eigenvalue weighted by molar-refractivity contribution is 5.77. The van der Waals surface area contributed by atoms with Crippen LogP contribution in [-0.2, 0) is 9.53 Å². The highest BCUT2D eigenvalue weighted by atomic mass is 16.5. The molecule has 3 nitrogen and oxygen atoms in total. The second kappa shape index (κ2) is 2.81. The molecule has 0 bridgehead atoms. The minimum absolute atomic E-state index is 0.0889. The van der Waals surface area contributed by atoms with Crippen molar-refractivity contribution in [1.29, 1.82) is 0 Å². The third-order valence-corrected chi connectivity index (χ3v) is 2.79. The van der Waals surface area contributed by atoms with Gasteiger partial charge in [0.1, 0.15) is 0 Å². The van der Waals surface area contributed by atoms with Crippen LogP contribution in [0.2, 0.25) is 0 Å². The zero-order valence-corrected chi connectivity index (χ0v) is 6.96. The first-order valence-electron chi connectivity index (χ1n) is 3.84. The molecule has 1 aliphatic rings. The minimum atomic E-state index is -0.413. The number of aliphatic hydroxyl groups excluding tert-OH is 1. The van der Waals surface area contributed by atoms with Crippen LogP contribution >= 0.6 is 0 Å². The van der Waals surface area contributed by atoms with E-state index in [1.165, 1.54) is 7.11 Å². The van der Waals surface area contributed by atoms with E-state index in [4.69, 9.17) is 5.11 Å². The predicted octanol–water partition coefficient (Wildman–Crippen LogP) is 0.568. The lowest BCUT2D eigenvalue weighted by Gasteiger charge is -2.43. The van der Waals surface area contributed by atoms with Crippen molar-refractivity contribution in [3.8, 4) is 0 Å². The molecule has 0 heterocycles. The third kappa shape index (κ3) is 1.13. The number of hydrogen-bond donors (Lipinski definition) is 1. The molecule has 0 aliphatic heterocycles. The number of ether oxygens (including phenoxy) is 1. The van der Waals surface area contributed by atoms with Crippen molar-refractivity contribution in [2.24, 2.45) is 11.3 Å². The van der Waals surface area contributed by atoms with Crippen molar-refractivity contribution in [3.05, 3.63) is 0 Å². The number of carbonyl (C=O) groups is 1. The van der Waals surface area contributed by atoms with Gasteiger partial charge in [0.2, 0.25) is 0 Å². The number of aliphatic hydroxyl groups is 1. The summed E-state index contributed by atoms with van der Waals surface area (Å²) >= 11 is 0. The first-order valence-corrected chi connectivity index (χ1v) is 3.84. The van der Waals surface area contributed by atoms with E-state index < -0.39 is 5.41 Å². The molecule has 1 aliphatic carbocycles. The van der Waals surface area contributed by atoms with Crippen molar-refractivity contribution < 1.29 is 14.6 Å². The van der Waals surface area contributed by atoms with Crippen molar-refractivity contribution in [1.82, 2.24) is 0 Å². The summed E-state index contributed by atoms with van der Waals surface area (Å²) in [6.45, 7) is 1.94. The van der Waals surface area contributed by atoms with Crippen LogP contribution in [-0.4, -0.2) is 24.8 Å². The van der Waals surface area contributed by atoms with Crippen molar-refractivity contribution >= 4 is 5.97 Å². The molecule has 0 aromatic heterocycles. The Morgan fingerprint density at radius 1 is 1.82 bits per heavy atom. The normalized spacial score (nSPS) is 36.1. The van der Waals surface area contributed by atoms with Crippen LogP contribution in [0.3, 0.4) is 0 Å². The maximum Gasteiger partial charge on any atom is 0.311 e. The topological polar surface area (TPSA) is 46.5 Å². The number of rotatable bonds is 2. The van der Waals surface area contributed by atoms with Crippen molar-refractivity contribution in [2.45, 2.75) is 19.8 Å². The molecular weight excluding hydrogens is 144 g/mol. The van der Waals surface area contributed by atoms with Gasteiger partial charge in [0, 0.05) is 6.61 Å². The molecule has 1 fully saturated rings. The third-order valence-electron chi connectivity index (χ3n) is 2.79. The van der Waals surface area contributed by atoms with Crippen LogP contribution in [0.4, 0.5) is 0 Å². The lowest BCUT2D eigenvalue weighted by Crippen LogP contribution is -2.46. The molecule has 0 amide bonds. The molecule has 1 N–H and O–H groups in total. The number of carbonyl (C=O) groups excluding carboxylic acids is 1. The average Bonchev–Trinajstić information content (AvgIpc) is 2.00. The molecule has 11 heavy (non-hydrogen) atoms. The highest BCUT2D eigenvalue weighted by Gasteiger charge is 2.49. The van der Waals surface area contributed by atoms with E-state index in [0.29, 0.717) is 0 Å². The summed E-state index contributed by atoms with van der Waals surface area (Å²) in [5.74, 6) is -0.0854. The summed E-state index contributed by atoms with van der Waals surface area (Å²) < 4.78 is 4.64. The lowest BCUT2D eigenvalue weighted by molar-refractivity contribution is -0.165. The van der Waals surface area contributed by atoms with Gasteiger partial charge in [-0.15, -0.1) is 0 Å². The Bertz CT molecular complexity index is 165. The SMILES string of the molecule is COC(=O)[C@@]1(C)CC[C@@H]1CO. The van der Waals surface area contributed by atoms with E-state index in [1.807, 2.05) is 6.92 Å². The second-order valence-electron chi connectivity index (χ2n) is 3.33. The van der Waals surface area contributed by atoms with Gasteiger partial charge in [0.05, 0.1) is 12.5 Å². The molecule has 0 aromatic rings. The fraction of sp³-hybridized carbons (Fsp3) is 0.875. The molecule has 1 saturated carbocycles. The summed E-state index contributed by atoms with van der Waals surface area (Å²) in [6, 6.07) is 0. The second-order valence-corrected chi connectivity index (χ2v) is 3.33. The summed E-state index contributed by atoms with van der Waals surface area (Å²) in [5.41, 5.74) is -0.413. The Hall–Kier alpha value is -0.570. The molecule has 1 rings (SSSR count). The molecule has 0 aromatic carbocycles. The Labute approximate surface area is 66.4 Å². The summed E-state index contributed by atoms with van der Waals surface area (Å²) in [4.78, 5) is 11.2. The molecular formula is C8H14O3. The fourth-order valence-electron chi connectivity index (χ4n) is 1.58. The molecule has 64 valence electrons. The van der Waals surface area contributed by atoms with Crippen molar-refractivity contribution in [3.63, 3.8) is 0 Å². The van der Waals surface area contributed by atoms with Crippen LogP contribution in [0.5, 0.6) is 0 Å². The van der Waals surface area contributed by atoms with Gasteiger partial charge in [0.15, 0.2) is 0 Å². The first-order chi connectivity index (χ1) is 5.15. The standard InChI is InChI=1S/C8H14O3/c1-8(7(10)11-2)4-3-6(8)5-9/h6,9H,3-5H2,1-2H3/t6-,8+/m1/s1. The smallest absolute Gasteiger partial charge is 0.311 e. The van der Waals surface area contributed by atoms with Gasteiger partial charge in [-0.25, -0.2) is 0 Å². The van der Waals surface area contributed by atoms with Crippen LogP contribution < -0.4 is 0 Å². The molecule has 0 unspecified atom stereocenters. The predicted molar refractivity (Wildman–Crippen MR) is 39.9 cm³/mol. The number of esters is 1. The van der Waals surface area contributed by atoms with E-state index in [0.717, 1.165) is 12.8 Å². The highest BCUT2D eigenvalue weighted by Crippen LogP contribution is 2.46. The van der Waals surface area contributed by atoms with Crippen LogP contribution in [0.1, 0.15) is 19.8 Å². The summed E-state index contributed by atoms with van der Waals surface area (Å²) in [6.07, 6.45) is 1.77. The van der Waals surface area contributed by atoms with Gasteiger partial charge in [-0.05, 0) is 25.7 Å². The molecule has 0 spiro atoms. The summed E-state index contributed by atoms with van der Waals surface area (Å²) in [7, 11) is 1.39. The van der Waals surface area contributed by atoms with Gasteiger partial charge < -0.3 is 9.84 Å². The zero-order chi connectivity index (χ0) is 8.48. The van der Waals surface area contributed by atoms with Gasteiger partial charge >= 0.3 is 5.97 Å². The van der Waals surface area contributed by atoms with E-state index in [2.05, 4.69) is 4.74 Å². The maximum atomic E-state index is 11.2. The molecule has 2 atom stereocenters. The molecule has 0 saturated heterocycles. The Balaban J connectivity index is 2.60. The van der Waals surface area contributed by atoms with Gasteiger partial charge in [-0.1, -0.05) is 0 Å². The van der Waals surface area contributed by atoms with Crippen LogP contribution in [0.15, 0.2) is 0 Å². The lowest BCUT2D eigenvalue weighted by atomic mass is 9.61. The number of hydrogen-bond acceptors (Lipinski definition) is 3. The van der Waals surface area contributed by atoms with E-state index in [9.17, 15) is 4.79 Å². The Morgan fingerprint density at radius 3 is 2.73 bits per heavy atom.